The van der Waals surface area contributed by atoms with Crippen molar-refractivity contribution >= 4 is 16.9 Å². The van der Waals surface area contributed by atoms with Gasteiger partial charge in [0.1, 0.15) is 11.4 Å². The molecule has 5 nitrogen and oxygen atoms in total. The molecular weight excluding hydrogens is 249 g/mol. The number of aromatic carboxylic acids is 1. The number of benzene rings is 1. The smallest absolute Gasteiger partial charge is 0.339 e. The third-order valence-electron chi connectivity index (χ3n) is 3.09. The average molecular weight is 259 g/mol. The van der Waals surface area contributed by atoms with Gasteiger partial charge in [-0.1, -0.05) is 12.1 Å². The zero-order valence-corrected chi connectivity index (χ0v) is 10.0. The number of carboxylic acids is 1. The van der Waals surface area contributed by atoms with Gasteiger partial charge in [-0.25, -0.2) is 9.18 Å². The van der Waals surface area contributed by atoms with Crippen molar-refractivity contribution < 1.29 is 14.3 Å². The fourth-order valence-corrected chi connectivity index (χ4v) is 2.27. The van der Waals surface area contributed by atoms with Crippen LogP contribution >= 0.6 is 0 Å². The lowest BCUT2D eigenvalue weighted by molar-refractivity contribution is 0.0698. The molecule has 1 aromatic carbocycles. The third-order valence-corrected chi connectivity index (χ3v) is 3.09. The molecule has 0 aliphatic rings. The summed E-state index contributed by atoms with van der Waals surface area (Å²) in [5.41, 5.74) is 1.50. The van der Waals surface area contributed by atoms with Crippen molar-refractivity contribution in [3.63, 3.8) is 0 Å². The second kappa shape index (κ2) is 3.94. The predicted molar refractivity (Wildman–Crippen MR) is 67.4 cm³/mol. The highest BCUT2D eigenvalue weighted by Crippen LogP contribution is 2.32. The monoisotopic (exact) mass is 259 g/mol. The van der Waals surface area contributed by atoms with Crippen molar-refractivity contribution in [1.82, 2.24) is 14.8 Å². The van der Waals surface area contributed by atoms with Crippen LogP contribution in [-0.4, -0.2) is 25.8 Å². The van der Waals surface area contributed by atoms with Crippen LogP contribution in [0.4, 0.5) is 4.39 Å². The average Bonchev–Trinajstić information content (AvgIpc) is 2.94. The molecular formula is C13H10FN3O2. The number of carboxylic acid groups (broad SMARTS) is 1. The van der Waals surface area contributed by atoms with Gasteiger partial charge in [-0.15, -0.1) is 0 Å². The number of fused-ring (bicyclic) bond motifs is 1. The Morgan fingerprint density at radius 3 is 3.00 bits per heavy atom. The van der Waals surface area contributed by atoms with E-state index in [1.165, 1.54) is 12.3 Å². The Morgan fingerprint density at radius 2 is 2.26 bits per heavy atom. The molecule has 0 amide bonds. The van der Waals surface area contributed by atoms with Crippen molar-refractivity contribution in [3.05, 3.63) is 42.0 Å². The maximum atomic E-state index is 13.8. The molecule has 0 aliphatic heterocycles. The van der Waals surface area contributed by atoms with E-state index in [-0.39, 0.29) is 11.4 Å². The molecule has 2 aromatic heterocycles. The first-order chi connectivity index (χ1) is 9.09. The van der Waals surface area contributed by atoms with Gasteiger partial charge in [0.2, 0.25) is 0 Å². The number of rotatable bonds is 2. The van der Waals surface area contributed by atoms with Crippen molar-refractivity contribution in [2.24, 2.45) is 7.05 Å². The topological polar surface area (TPSA) is 70.9 Å². The number of para-hydroxylation sites is 1. The number of aryl methyl sites for hydroxylation is 1. The van der Waals surface area contributed by atoms with Crippen LogP contribution in [0, 0.1) is 5.82 Å². The molecule has 0 spiro atoms. The van der Waals surface area contributed by atoms with Crippen LogP contribution in [0.3, 0.4) is 0 Å². The highest BCUT2D eigenvalue weighted by molar-refractivity contribution is 6.02. The van der Waals surface area contributed by atoms with Crippen molar-refractivity contribution in [3.8, 4) is 11.3 Å². The number of hydrogen-bond donors (Lipinski definition) is 2. The number of aromatic amines is 1. The first-order valence-corrected chi connectivity index (χ1v) is 5.60. The van der Waals surface area contributed by atoms with Crippen LogP contribution in [0.5, 0.6) is 0 Å². The number of nitrogens with one attached hydrogen (secondary N) is 1. The minimum absolute atomic E-state index is 0.0664. The minimum atomic E-state index is -1.07. The van der Waals surface area contributed by atoms with E-state index in [2.05, 4.69) is 10.2 Å². The molecule has 3 aromatic rings. The van der Waals surface area contributed by atoms with Gasteiger partial charge < -0.3 is 9.67 Å². The Morgan fingerprint density at radius 1 is 1.47 bits per heavy atom. The van der Waals surface area contributed by atoms with E-state index >= 15 is 0 Å². The molecule has 0 atom stereocenters. The first kappa shape index (κ1) is 11.5. The lowest BCUT2D eigenvalue weighted by Gasteiger charge is -1.98. The molecule has 3 rings (SSSR count). The van der Waals surface area contributed by atoms with Gasteiger partial charge in [-0.3, -0.25) is 5.10 Å². The SMILES string of the molecule is Cn1cc(-c2[nH]ncc2C(=O)O)c2cccc(F)c21. The summed E-state index contributed by atoms with van der Waals surface area (Å²) in [4.78, 5) is 11.1. The first-order valence-electron chi connectivity index (χ1n) is 5.60. The second-order valence-corrected chi connectivity index (χ2v) is 4.25. The van der Waals surface area contributed by atoms with E-state index in [0.29, 0.717) is 22.2 Å². The fourth-order valence-electron chi connectivity index (χ4n) is 2.27. The molecule has 0 unspecified atom stereocenters. The summed E-state index contributed by atoms with van der Waals surface area (Å²) in [6.07, 6.45) is 2.93. The normalized spacial score (nSPS) is 11.1. The van der Waals surface area contributed by atoms with Crippen molar-refractivity contribution in [2.45, 2.75) is 0 Å². The summed E-state index contributed by atoms with van der Waals surface area (Å²) in [7, 11) is 1.71. The number of carbonyl (C=O) groups is 1. The summed E-state index contributed by atoms with van der Waals surface area (Å²) in [5.74, 6) is -1.42. The Labute approximate surface area is 107 Å². The summed E-state index contributed by atoms with van der Waals surface area (Å²) >= 11 is 0. The molecule has 0 fully saturated rings. The van der Waals surface area contributed by atoms with Crippen LogP contribution in [0.2, 0.25) is 0 Å². The zero-order chi connectivity index (χ0) is 13.6. The lowest BCUT2D eigenvalue weighted by Crippen LogP contribution is -1.96. The molecule has 0 saturated carbocycles. The Kier molecular flexibility index (Phi) is 2.38. The standard InChI is InChI=1S/C13H10FN3O2/c1-17-6-9(7-3-2-4-10(14)12(7)17)11-8(13(18)19)5-15-16-11/h2-6H,1H3,(H,15,16)(H,18,19). The molecule has 6 heteroatoms. The van der Waals surface area contributed by atoms with Gasteiger partial charge in [0.05, 0.1) is 17.4 Å². The minimum Gasteiger partial charge on any atom is -0.478 e. The number of aromatic nitrogens is 3. The Balaban J connectivity index is 2.35. The van der Waals surface area contributed by atoms with Gasteiger partial charge in [0, 0.05) is 24.2 Å². The second-order valence-electron chi connectivity index (χ2n) is 4.25. The molecule has 0 radical (unpaired) electrons. The molecule has 0 bridgehead atoms. The highest BCUT2D eigenvalue weighted by atomic mass is 19.1. The summed E-state index contributed by atoms with van der Waals surface area (Å²) in [6, 6.07) is 4.72. The highest BCUT2D eigenvalue weighted by Gasteiger charge is 2.19. The number of nitrogens with zero attached hydrogens (tertiary/aromatic N) is 2. The summed E-state index contributed by atoms with van der Waals surface area (Å²) in [6.45, 7) is 0. The summed E-state index contributed by atoms with van der Waals surface area (Å²) < 4.78 is 15.4. The fraction of sp³-hybridized carbons (Fsp3) is 0.0769. The molecule has 0 saturated heterocycles. The predicted octanol–water partition coefficient (Wildman–Crippen LogP) is 2.41. The number of halogens is 1. The largest absolute Gasteiger partial charge is 0.478 e. The van der Waals surface area contributed by atoms with Gasteiger partial charge in [-0.05, 0) is 6.07 Å². The van der Waals surface area contributed by atoms with Crippen LogP contribution in [0.1, 0.15) is 10.4 Å². The van der Waals surface area contributed by atoms with Crippen LogP contribution < -0.4 is 0 Å². The van der Waals surface area contributed by atoms with Gasteiger partial charge >= 0.3 is 5.97 Å². The summed E-state index contributed by atoms with van der Waals surface area (Å²) in [5, 5.41) is 16.2. The van der Waals surface area contributed by atoms with E-state index in [4.69, 9.17) is 5.11 Å². The zero-order valence-electron chi connectivity index (χ0n) is 10.0. The van der Waals surface area contributed by atoms with Crippen LogP contribution in [0.15, 0.2) is 30.6 Å². The number of hydrogen-bond acceptors (Lipinski definition) is 2. The molecule has 2 heterocycles. The van der Waals surface area contributed by atoms with Crippen LogP contribution in [0.25, 0.3) is 22.2 Å². The third kappa shape index (κ3) is 1.61. The maximum Gasteiger partial charge on any atom is 0.339 e. The van der Waals surface area contributed by atoms with Gasteiger partial charge in [-0.2, -0.15) is 5.10 Å². The lowest BCUT2D eigenvalue weighted by atomic mass is 10.1. The van der Waals surface area contributed by atoms with E-state index in [1.807, 2.05) is 0 Å². The van der Waals surface area contributed by atoms with Crippen molar-refractivity contribution in [1.29, 1.82) is 0 Å². The van der Waals surface area contributed by atoms with E-state index in [1.54, 1.807) is 29.9 Å². The Hall–Kier alpha value is -2.63. The molecule has 19 heavy (non-hydrogen) atoms. The van der Waals surface area contributed by atoms with Crippen molar-refractivity contribution in [2.75, 3.05) is 0 Å². The van der Waals surface area contributed by atoms with Gasteiger partial charge in [0.25, 0.3) is 0 Å². The van der Waals surface area contributed by atoms with Crippen LogP contribution in [-0.2, 0) is 7.05 Å². The molecule has 2 N–H and O–H groups in total. The van der Waals surface area contributed by atoms with E-state index < -0.39 is 5.97 Å². The quantitative estimate of drug-likeness (QED) is 0.742. The number of H-pyrrole nitrogens is 1. The molecule has 96 valence electrons. The molecule has 0 aliphatic carbocycles. The van der Waals surface area contributed by atoms with Gasteiger partial charge in [0.15, 0.2) is 0 Å². The van der Waals surface area contributed by atoms with E-state index in [0.717, 1.165) is 0 Å². The van der Waals surface area contributed by atoms with E-state index in [9.17, 15) is 9.18 Å². The Bertz CT molecular complexity index is 788. The maximum absolute atomic E-state index is 13.8.